The molecule has 0 unspecified atom stereocenters. The summed E-state index contributed by atoms with van der Waals surface area (Å²) in [5, 5.41) is 74.3. The summed E-state index contributed by atoms with van der Waals surface area (Å²) in [6.45, 7) is 0.643. The Morgan fingerprint density at radius 1 is 0.667 bits per heavy atom. The van der Waals surface area contributed by atoms with E-state index in [1.54, 1.807) is 0 Å². The quantitative estimate of drug-likeness (QED) is 0.0430. The molecular weight excluding hydrogens is 852 g/mol. The van der Waals surface area contributed by atoms with Crippen molar-refractivity contribution in [1.29, 1.82) is 0 Å². The van der Waals surface area contributed by atoms with Crippen molar-refractivity contribution >= 4 is 37.0 Å². The van der Waals surface area contributed by atoms with Gasteiger partial charge >= 0.3 is 118 Å². The van der Waals surface area contributed by atoms with Crippen molar-refractivity contribution in [2.75, 3.05) is 13.2 Å². The number of carboxylic acid groups (broad SMARTS) is 1. The fourth-order valence-corrected chi connectivity index (χ4v) is 6.87. The van der Waals surface area contributed by atoms with E-state index < -0.39 is 148 Å². The minimum atomic E-state index is -5.93. The molecule has 3 heterocycles. The molecule has 3 aliphatic rings. The average Bonchev–Trinajstić information content (AvgIpc) is 2.96. The summed E-state index contributed by atoms with van der Waals surface area (Å²) in [7, 11) is -16.9. The molecule has 0 amide bonds. The van der Waals surface area contributed by atoms with Crippen molar-refractivity contribution in [1.82, 2.24) is 9.44 Å². The molecule has 0 aliphatic carbocycles. The molecule has 8 N–H and O–H groups in total. The molecule has 26 nitrogen and oxygen atoms in total. The number of aliphatic carboxylic acids is 1. The molecule has 0 aromatic heterocycles. The second-order valence-corrected chi connectivity index (χ2v) is 14.5. The van der Waals surface area contributed by atoms with E-state index in [2.05, 4.69) is 4.18 Å². The third-order valence-corrected chi connectivity index (χ3v) is 8.84. The fourth-order valence-electron chi connectivity index (χ4n) is 5.23. The first-order chi connectivity index (χ1) is 22.9. The van der Waals surface area contributed by atoms with Crippen LogP contribution in [0.2, 0.25) is 0 Å². The van der Waals surface area contributed by atoms with Crippen molar-refractivity contribution in [2.45, 2.75) is 112 Å². The topological polar surface area (TPSA) is 422 Å². The first kappa shape index (κ1) is 58.7. The van der Waals surface area contributed by atoms with Gasteiger partial charge in [-0.05, 0) is 13.8 Å². The van der Waals surface area contributed by atoms with Gasteiger partial charge in [0.15, 0.2) is 45.6 Å². The summed E-state index contributed by atoms with van der Waals surface area (Å²) in [4.78, 5) is 12.2. The summed E-state index contributed by atoms with van der Waals surface area (Å²) in [5.41, 5.74) is 0. The van der Waals surface area contributed by atoms with E-state index in [-0.39, 0.29) is 118 Å². The van der Waals surface area contributed by atoms with Crippen LogP contribution in [0.25, 0.3) is 0 Å². The molecule has 3 aliphatic heterocycles. The van der Waals surface area contributed by atoms with Crippen LogP contribution in [-0.4, -0.2) is 187 Å². The van der Waals surface area contributed by atoms with Gasteiger partial charge < -0.3 is 82.6 Å². The summed E-state index contributed by atoms with van der Waals surface area (Å²) >= 11 is 0. The molecule has 3 fully saturated rings. The second-order valence-electron chi connectivity index (χ2n) is 11.2. The Bertz CT molecular complexity index is 1500. The van der Waals surface area contributed by atoms with Gasteiger partial charge in [-0.25, -0.2) is 34.7 Å². The fraction of sp³-hybridized carbons (Fsp3) is 0.952. The Morgan fingerprint density at radius 2 is 1.13 bits per heavy atom. The molecule has 3 rings (SSSR count). The number of aliphatic hydroxyl groups is 6. The minimum absolute atomic E-state index is 0. The maximum atomic E-state index is 12.2. The van der Waals surface area contributed by atoms with Crippen molar-refractivity contribution in [3.63, 3.8) is 0 Å². The minimum Gasteiger partial charge on any atom is -0.735 e. The summed E-state index contributed by atoms with van der Waals surface area (Å²) in [6, 6.07) is -4.35. The van der Waals surface area contributed by atoms with Crippen LogP contribution in [0, 0.1) is 0 Å². The van der Waals surface area contributed by atoms with Crippen LogP contribution in [0.1, 0.15) is 13.8 Å². The second kappa shape index (κ2) is 24.3. The molecule has 0 radical (unpaired) electrons. The largest absolute Gasteiger partial charge is 1.00 e. The van der Waals surface area contributed by atoms with Gasteiger partial charge in [0.05, 0.1) is 25.3 Å². The van der Waals surface area contributed by atoms with Gasteiger partial charge in [-0.1, -0.05) is 0 Å². The number of rotatable bonds is 15. The Morgan fingerprint density at radius 3 is 1.56 bits per heavy atom. The average molecular weight is 887 g/mol. The van der Waals surface area contributed by atoms with Crippen molar-refractivity contribution in [2.24, 2.45) is 0 Å². The summed E-state index contributed by atoms with van der Waals surface area (Å²) < 4.78 is 143. The van der Waals surface area contributed by atoms with E-state index in [0.29, 0.717) is 0 Å². The normalized spacial score (nSPS) is 37.5. The van der Waals surface area contributed by atoms with Crippen LogP contribution >= 0.6 is 0 Å². The van der Waals surface area contributed by atoms with Gasteiger partial charge in [0.2, 0.25) is 10.4 Å². The number of nitrogens with one attached hydrogen (secondary N) is 2. The Kier molecular flexibility index (Phi) is 26.4. The van der Waals surface area contributed by atoms with Crippen molar-refractivity contribution in [3.8, 4) is 0 Å². The van der Waals surface area contributed by atoms with Crippen LogP contribution in [0.3, 0.4) is 0 Å². The van der Waals surface area contributed by atoms with Gasteiger partial charge in [-0.2, -0.15) is 0 Å². The molecule has 33 heteroatoms. The van der Waals surface area contributed by atoms with E-state index in [9.17, 15) is 79.5 Å². The predicted molar refractivity (Wildman–Crippen MR) is 143 cm³/mol. The summed E-state index contributed by atoms with van der Waals surface area (Å²) in [6.07, 6.45) is -30.9. The molecule has 15 atom stereocenters. The number of ether oxygens (including phenoxy) is 6. The molecule has 54 heavy (non-hydrogen) atoms. The summed E-state index contributed by atoms with van der Waals surface area (Å²) in [5.74, 6) is -2.33. The van der Waals surface area contributed by atoms with E-state index >= 15 is 0 Å². The molecular formula is C21H34N2Na4O24S3. The number of aliphatic hydroxyl groups excluding tert-OH is 6. The van der Waals surface area contributed by atoms with Crippen LogP contribution in [0.4, 0.5) is 0 Å². The van der Waals surface area contributed by atoms with Gasteiger partial charge in [0.1, 0.15) is 67.0 Å². The van der Waals surface area contributed by atoms with Gasteiger partial charge in [-0.3, -0.25) is 4.18 Å². The number of carbonyl (C=O) groups excluding carboxylic acids is 1. The molecule has 0 aromatic carbocycles. The van der Waals surface area contributed by atoms with Gasteiger partial charge in [0, 0.05) is 0 Å². The predicted octanol–water partition coefficient (Wildman–Crippen LogP) is -21.8. The van der Waals surface area contributed by atoms with Crippen LogP contribution in [-0.2, 0) is 68.4 Å². The number of hydrogen-bond donors (Lipinski definition) is 8. The van der Waals surface area contributed by atoms with Gasteiger partial charge in [-0.15, -0.1) is 0 Å². The number of carbonyl (C=O) groups is 1. The Balaban J connectivity index is 0. The van der Waals surface area contributed by atoms with Crippen LogP contribution < -0.4 is 133 Å². The third kappa shape index (κ3) is 16.5. The Labute approximate surface area is 397 Å². The van der Waals surface area contributed by atoms with E-state index in [4.69, 9.17) is 28.4 Å². The monoisotopic (exact) mass is 886 g/mol. The van der Waals surface area contributed by atoms with E-state index in [1.165, 1.54) is 23.3 Å². The smallest absolute Gasteiger partial charge is 0.735 e. The standard InChI is InChI=1S/C21H38N2O24S3.4Na/c1-5(2)41-19-9(23-49(35,36)37)12(28)14(7(4-25)43-19)44-21-16(47-50(38,39)40)13(29)15(17(46-21)18(30)31)45-20-8(22-48(32,33)34)11(27)10(26)6(3-24)42-20;;;;/h5-17,19-29H,3-4H2,1-2H3,(H,30,31)(H,32,33,34)(H,35,36,37)(H,38,39,40);;;;/q;4*+1/p-4/t6-,7-,8-,9-,10-,11-,12-,13+,14-,15+,16-,17+,19+,20-,21-;;;;/m1..../s1. The zero-order chi connectivity index (χ0) is 38.1. The molecule has 0 bridgehead atoms. The zero-order valence-electron chi connectivity index (χ0n) is 29.4. The van der Waals surface area contributed by atoms with E-state index in [0.717, 1.165) is 0 Å². The van der Waals surface area contributed by atoms with Crippen molar-refractivity contribution < 1.29 is 230 Å². The van der Waals surface area contributed by atoms with E-state index in [1.807, 2.05) is 0 Å². The van der Waals surface area contributed by atoms with Gasteiger partial charge in [0.25, 0.3) is 0 Å². The first-order valence-electron chi connectivity index (χ1n) is 14.0. The Hall–Kier alpha value is 2.60. The zero-order valence-corrected chi connectivity index (χ0v) is 39.9. The molecule has 294 valence electrons. The first-order valence-corrected chi connectivity index (χ1v) is 18.2. The molecule has 3 saturated heterocycles. The third-order valence-electron chi connectivity index (χ3n) is 7.27. The maximum Gasteiger partial charge on any atom is 1.00 e. The molecule has 0 aromatic rings. The van der Waals surface area contributed by atoms with Crippen LogP contribution in [0.5, 0.6) is 0 Å². The molecule has 0 spiro atoms. The maximum absolute atomic E-state index is 12.2. The number of carboxylic acids is 1. The number of hydrogen-bond acceptors (Lipinski definition) is 24. The van der Waals surface area contributed by atoms with Crippen LogP contribution in [0.15, 0.2) is 0 Å². The SMILES string of the molecule is CC(C)O[C@H]1O[C@H](CO)[C@@H](O[C@@H]2O[C@H](C(=O)[O-])[C@@H](O[C@H]3O[C@H](CO)[C@@H](O)[C@H](O)[C@H]3NS(=O)(=O)[O-])[C@H](O)[C@H]2OS(=O)(=O)[O-])[C@H](O)[C@H]1NS(=O)(=O)[O-].[Na+].[Na+].[Na+].[Na+]. The molecule has 0 saturated carbocycles. The van der Waals surface area contributed by atoms with Crippen molar-refractivity contribution in [3.05, 3.63) is 0 Å².